The molecule has 1 aromatic carbocycles. The highest BCUT2D eigenvalue weighted by molar-refractivity contribution is 7.80. The number of aliphatic hydroxyl groups excluding tert-OH is 1. The number of hydrogen-bond acceptors (Lipinski definition) is 3. The van der Waals surface area contributed by atoms with Crippen molar-refractivity contribution in [2.45, 2.75) is 38.1 Å². The highest BCUT2D eigenvalue weighted by Gasteiger charge is 2.24. The van der Waals surface area contributed by atoms with E-state index in [4.69, 9.17) is 29.6 Å². The Balaban J connectivity index is 2.38. The minimum absolute atomic E-state index is 0.111. The molecule has 0 aliphatic heterocycles. The van der Waals surface area contributed by atoms with Gasteiger partial charge in [-0.05, 0) is 25.0 Å². The number of aliphatic hydroxyl groups is 1. The van der Waals surface area contributed by atoms with Gasteiger partial charge in [-0.15, -0.1) is 0 Å². The number of rotatable bonds is 5. The van der Waals surface area contributed by atoms with Crippen LogP contribution in [0.1, 0.15) is 37.7 Å². The van der Waals surface area contributed by atoms with Gasteiger partial charge in [0.25, 0.3) is 0 Å². The SMILES string of the molecule is NC(=S)c1c(Cl)cccc1N(CCO)C1CCCCC1. The van der Waals surface area contributed by atoms with Gasteiger partial charge < -0.3 is 15.7 Å². The molecule has 1 aliphatic carbocycles. The Morgan fingerprint density at radius 3 is 2.65 bits per heavy atom. The van der Waals surface area contributed by atoms with Gasteiger partial charge in [0.05, 0.1) is 17.2 Å². The molecule has 1 aliphatic rings. The summed E-state index contributed by atoms with van der Waals surface area (Å²) in [7, 11) is 0. The third-order valence-corrected chi connectivity index (χ3v) is 4.42. The third kappa shape index (κ3) is 3.43. The van der Waals surface area contributed by atoms with Gasteiger partial charge in [0.2, 0.25) is 0 Å². The quantitative estimate of drug-likeness (QED) is 0.820. The van der Waals surface area contributed by atoms with E-state index in [-0.39, 0.29) is 6.61 Å². The molecule has 0 spiro atoms. The molecule has 3 N–H and O–H groups in total. The van der Waals surface area contributed by atoms with Crippen molar-refractivity contribution in [2.75, 3.05) is 18.1 Å². The second kappa shape index (κ2) is 7.25. The summed E-state index contributed by atoms with van der Waals surface area (Å²) in [6.45, 7) is 0.695. The summed E-state index contributed by atoms with van der Waals surface area (Å²) in [6, 6.07) is 6.14. The molecule has 3 nitrogen and oxygen atoms in total. The van der Waals surface area contributed by atoms with Crippen LogP contribution in [0.4, 0.5) is 5.69 Å². The second-order valence-corrected chi connectivity index (χ2v) is 6.05. The lowest BCUT2D eigenvalue weighted by Gasteiger charge is -2.37. The van der Waals surface area contributed by atoms with Gasteiger partial charge >= 0.3 is 0 Å². The summed E-state index contributed by atoms with van der Waals surface area (Å²) in [5.41, 5.74) is 7.51. The highest BCUT2D eigenvalue weighted by atomic mass is 35.5. The maximum absolute atomic E-state index is 9.39. The van der Waals surface area contributed by atoms with Crippen molar-refractivity contribution in [2.24, 2.45) is 5.73 Å². The zero-order chi connectivity index (χ0) is 14.5. The van der Waals surface area contributed by atoms with Crippen LogP contribution in [0.5, 0.6) is 0 Å². The Kier molecular flexibility index (Phi) is 5.64. The first-order valence-electron chi connectivity index (χ1n) is 7.11. The Morgan fingerprint density at radius 1 is 1.35 bits per heavy atom. The molecule has 110 valence electrons. The number of halogens is 1. The van der Waals surface area contributed by atoms with Crippen LogP contribution in [0.25, 0.3) is 0 Å². The fourth-order valence-electron chi connectivity index (χ4n) is 3.00. The smallest absolute Gasteiger partial charge is 0.107 e. The topological polar surface area (TPSA) is 49.5 Å². The molecule has 0 amide bonds. The largest absolute Gasteiger partial charge is 0.395 e. The van der Waals surface area contributed by atoms with Gasteiger partial charge in [0.15, 0.2) is 0 Å². The minimum Gasteiger partial charge on any atom is -0.395 e. The number of thiocarbonyl (C=S) groups is 1. The van der Waals surface area contributed by atoms with Crippen molar-refractivity contribution in [1.29, 1.82) is 0 Å². The first-order chi connectivity index (χ1) is 9.65. The molecule has 0 aromatic heterocycles. The van der Waals surface area contributed by atoms with Crippen LogP contribution < -0.4 is 10.6 Å². The lowest BCUT2D eigenvalue weighted by Crippen LogP contribution is -2.40. The molecule has 0 radical (unpaired) electrons. The van der Waals surface area contributed by atoms with E-state index < -0.39 is 0 Å². The van der Waals surface area contributed by atoms with Gasteiger partial charge in [-0.25, -0.2) is 0 Å². The summed E-state index contributed by atoms with van der Waals surface area (Å²) in [6.07, 6.45) is 6.04. The molecule has 0 bridgehead atoms. The summed E-state index contributed by atoms with van der Waals surface area (Å²) < 4.78 is 0. The Hall–Kier alpha value is -0.840. The van der Waals surface area contributed by atoms with Crippen LogP contribution in [0.15, 0.2) is 18.2 Å². The van der Waals surface area contributed by atoms with E-state index in [0.717, 1.165) is 24.1 Å². The third-order valence-electron chi connectivity index (χ3n) is 3.90. The fraction of sp³-hybridized carbons (Fsp3) is 0.533. The minimum atomic E-state index is 0.111. The van der Waals surface area contributed by atoms with Gasteiger partial charge in [0, 0.05) is 18.3 Å². The molecule has 1 fully saturated rings. The Bertz CT molecular complexity index is 475. The second-order valence-electron chi connectivity index (χ2n) is 5.21. The van der Waals surface area contributed by atoms with Crippen molar-refractivity contribution in [3.8, 4) is 0 Å². The standard InChI is InChI=1S/C15H21ClN2OS/c16-12-7-4-8-13(14(12)15(17)20)18(9-10-19)11-5-2-1-3-6-11/h4,7-8,11,19H,1-3,5-6,9-10H2,(H2,17,20). The molecule has 0 heterocycles. The maximum atomic E-state index is 9.39. The highest BCUT2D eigenvalue weighted by Crippen LogP contribution is 2.32. The van der Waals surface area contributed by atoms with E-state index in [1.807, 2.05) is 12.1 Å². The van der Waals surface area contributed by atoms with Crippen LogP contribution in [0.2, 0.25) is 5.02 Å². The van der Waals surface area contributed by atoms with E-state index >= 15 is 0 Å². The van der Waals surface area contributed by atoms with Crippen LogP contribution in [0, 0.1) is 0 Å². The fourth-order valence-corrected chi connectivity index (χ4v) is 3.54. The Morgan fingerprint density at radius 2 is 2.05 bits per heavy atom. The summed E-state index contributed by atoms with van der Waals surface area (Å²) >= 11 is 11.4. The van der Waals surface area contributed by atoms with Crippen molar-refractivity contribution in [3.05, 3.63) is 28.8 Å². The molecule has 5 heteroatoms. The van der Waals surface area contributed by atoms with Gasteiger partial charge in [-0.3, -0.25) is 0 Å². The maximum Gasteiger partial charge on any atom is 0.107 e. The van der Waals surface area contributed by atoms with Crippen LogP contribution >= 0.6 is 23.8 Å². The molecular weight excluding hydrogens is 292 g/mol. The van der Waals surface area contributed by atoms with Gasteiger partial charge in [-0.2, -0.15) is 0 Å². The predicted octanol–water partition coefficient (Wildman–Crippen LogP) is 3.11. The average molecular weight is 313 g/mol. The van der Waals surface area contributed by atoms with E-state index in [0.29, 0.717) is 22.6 Å². The molecule has 0 unspecified atom stereocenters. The zero-order valence-electron chi connectivity index (χ0n) is 11.5. The van der Waals surface area contributed by atoms with E-state index in [2.05, 4.69) is 4.90 Å². The number of nitrogens with zero attached hydrogens (tertiary/aromatic N) is 1. The predicted molar refractivity (Wildman–Crippen MR) is 88.6 cm³/mol. The van der Waals surface area contributed by atoms with Crippen molar-refractivity contribution in [1.82, 2.24) is 0 Å². The molecule has 20 heavy (non-hydrogen) atoms. The number of nitrogens with two attached hydrogens (primary N) is 1. The van der Waals surface area contributed by atoms with Crippen LogP contribution in [-0.4, -0.2) is 29.3 Å². The number of benzene rings is 1. The number of hydrogen-bond donors (Lipinski definition) is 2. The molecule has 1 aromatic rings. The molecule has 2 rings (SSSR count). The van der Waals surface area contributed by atoms with E-state index in [1.165, 1.54) is 19.3 Å². The average Bonchev–Trinajstić information content (AvgIpc) is 2.45. The van der Waals surface area contributed by atoms with E-state index in [9.17, 15) is 5.11 Å². The van der Waals surface area contributed by atoms with Crippen molar-refractivity contribution in [3.63, 3.8) is 0 Å². The summed E-state index contributed by atoms with van der Waals surface area (Å²) in [5, 5.41) is 9.97. The van der Waals surface area contributed by atoms with Crippen molar-refractivity contribution >= 4 is 34.5 Å². The lowest BCUT2D eigenvalue weighted by atomic mass is 9.93. The molecular formula is C15H21ClN2OS. The van der Waals surface area contributed by atoms with Gasteiger partial charge in [-0.1, -0.05) is 49.1 Å². The molecule has 0 atom stereocenters. The molecule has 1 saturated carbocycles. The first-order valence-corrected chi connectivity index (χ1v) is 7.89. The molecule has 0 saturated heterocycles. The van der Waals surface area contributed by atoms with Crippen LogP contribution in [0.3, 0.4) is 0 Å². The summed E-state index contributed by atoms with van der Waals surface area (Å²) in [4.78, 5) is 2.53. The summed E-state index contributed by atoms with van der Waals surface area (Å²) in [5.74, 6) is 0. The van der Waals surface area contributed by atoms with Crippen molar-refractivity contribution < 1.29 is 5.11 Å². The van der Waals surface area contributed by atoms with E-state index in [1.54, 1.807) is 6.07 Å². The zero-order valence-corrected chi connectivity index (χ0v) is 13.1. The monoisotopic (exact) mass is 312 g/mol. The number of anilines is 1. The normalized spacial score (nSPS) is 16.1. The first kappa shape index (κ1) is 15.5. The Labute approximate surface area is 130 Å². The van der Waals surface area contributed by atoms with Gasteiger partial charge in [0.1, 0.15) is 4.99 Å². The lowest BCUT2D eigenvalue weighted by molar-refractivity contribution is 0.290. The van der Waals surface area contributed by atoms with Crippen LogP contribution in [-0.2, 0) is 0 Å².